The molecule has 6 heteroatoms. The summed E-state index contributed by atoms with van der Waals surface area (Å²) < 4.78 is 45.2. The van der Waals surface area contributed by atoms with Crippen LogP contribution in [0.1, 0.15) is 11.1 Å². The number of aryl methyl sites for hydroxylation is 2. The van der Waals surface area contributed by atoms with E-state index in [0.29, 0.717) is 0 Å². The molecule has 0 aliphatic carbocycles. The Morgan fingerprint density at radius 3 is 2.50 bits per heavy atom. The minimum atomic E-state index is -3.59. The Bertz CT molecular complexity index is 760. The van der Waals surface area contributed by atoms with Crippen LogP contribution in [0.4, 0.5) is 4.39 Å². The van der Waals surface area contributed by atoms with Crippen LogP contribution in [-0.2, 0) is 10.0 Å². The predicted octanol–water partition coefficient (Wildman–Crippen LogP) is 2.80. The smallest absolute Gasteiger partial charge is 0.240 e. The van der Waals surface area contributed by atoms with Crippen molar-refractivity contribution in [3.05, 3.63) is 59.4 Å². The molecule has 0 heterocycles. The molecule has 0 radical (unpaired) electrons. The van der Waals surface area contributed by atoms with Gasteiger partial charge in [-0.3, -0.25) is 0 Å². The monoisotopic (exact) mass is 323 g/mol. The first-order valence-electron chi connectivity index (χ1n) is 6.84. The van der Waals surface area contributed by atoms with E-state index in [4.69, 9.17) is 4.74 Å². The van der Waals surface area contributed by atoms with Gasteiger partial charge in [0.1, 0.15) is 6.61 Å². The Labute approximate surface area is 130 Å². The van der Waals surface area contributed by atoms with Gasteiger partial charge in [0.25, 0.3) is 0 Å². The summed E-state index contributed by atoms with van der Waals surface area (Å²) in [5, 5.41) is 0. The number of hydrogen-bond donors (Lipinski definition) is 1. The molecule has 0 fully saturated rings. The van der Waals surface area contributed by atoms with Gasteiger partial charge in [0, 0.05) is 6.54 Å². The zero-order valence-electron chi connectivity index (χ0n) is 12.5. The summed E-state index contributed by atoms with van der Waals surface area (Å²) >= 11 is 0. The molecule has 0 saturated carbocycles. The van der Waals surface area contributed by atoms with Gasteiger partial charge >= 0.3 is 0 Å². The fourth-order valence-corrected chi connectivity index (χ4v) is 2.96. The maximum absolute atomic E-state index is 13.3. The van der Waals surface area contributed by atoms with Crippen LogP contribution in [-0.4, -0.2) is 21.6 Å². The van der Waals surface area contributed by atoms with Crippen LogP contribution in [0.25, 0.3) is 0 Å². The second kappa shape index (κ2) is 6.89. The van der Waals surface area contributed by atoms with Crippen LogP contribution in [0.5, 0.6) is 5.75 Å². The van der Waals surface area contributed by atoms with Crippen molar-refractivity contribution < 1.29 is 17.5 Å². The molecule has 0 atom stereocenters. The van der Waals surface area contributed by atoms with E-state index in [1.165, 1.54) is 12.1 Å². The van der Waals surface area contributed by atoms with Crippen LogP contribution < -0.4 is 9.46 Å². The Morgan fingerprint density at radius 2 is 1.82 bits per heavy atom. The van der Waals surface area contributed by atoms with Crippen LogP contribution in [0.15, 0.2) is 47.4 Å². The number of benzene rings is 2. The molecule has 0 saturated heterocycles. The average molecular weight is 323 g/mol. The lowest BCUT2D eigenvalue weighted by Crippen LogP contribution is -2.28. The fraction of sp³-hybridized carbons (Fsp3) is 0.250. The lowest BCUT2D eigenvalue weighted by molar-refractivity contribution is 0.306. The van der Waals surface area contributed by atoms with E-state index in [0.717, 1.165) is 11.1 Å². The maximum atomic E-state index is 13.3. The molecule has 2 aromatic rings. The molecule has 0 bridgehead atoms. The first kappa shape index (κ1) is 16.5. The van der Waals surface area contributed by atoms with Gasteiger partial charge in [0.15, 0.2) is 11.6 Å². The van der Waals surface area contributed by atoms with Gasteiger partial charge < -0.3 is 4.74 Å². The molecule has 0 aliphatic heterocycles. The lowest BCUT2D eigenvalue weighted by Gasteiger charge is -2.10. The van der Waals surface area contributed by atoms with Crippen molar-refractivity contribution >= 4 is 10.0 Å². The Kier molecular flexibility index (Phi) is 5.15. The average Bonchev–Trinajstić information content (AvgIpc) is 2.48. The van der Waals surface area contributed by atoms with E-state index < -0.39 is 15.8 Å². The highest BCUT2D eigenvalue weighted by atomic mass is 32.2. The first-order chi connectivity index (χ1) is 10.4. The molecular weight excluding hydrogens is 305 g/mol. The van der Waals surface area contributed by atoms with Gasteiger partial charge in [-0.05, 0) is 49.2 Å². The third-order valence-corrected chi connectivity index (χ3v) is 4.74. The SMILES string of the molecule is Cc1ccc(S(=O)(=O)NCCOc2ccccc2F)cc1C. The van der Waals surface area contributed by atoms with Crippen molar-refractivity contribution in [1.82, 2.24) is 4.72 Å². The van der Waals surface area contributed by atoms with Crippen LogP contribution in [0.3, 0.4) is 0 Å². The number of nitrogens with one attached hydrogen (secondary N) is 1. The molecule has 1 N–H and O–H groups in total. The third kappa shape index (κ3) is 4.05. The highest BCUT2D eigenvalue weighted by molar-refractivity contribution is 7.89. The Morgan fingerprint density at radius 1 is 1.09 bits per heavy atom. The number of hydrogen-bond acceptors (Lipinski definition) is 3. The topological polar surface area (TPSA) is 55.4 Å². The normalized spacial score (nSPS) is 11.4. The van der Waals surface area contributed by atoms with Crippen molar-refractivity contribution in [2.24, 2.45) is 0 Å². The molecule has 0 unspecified atom stereocenters. The molecule has 2 rings (SSSR count). The summed E-state index contributed by atoms with van der Waals surface area (Å²) in [6, 6.07) is 10.9. The molecule has 0 spiro atoms. The summed E-state index contributed by atoms with van der Waals surface area (Å²) in [5.74, 6) is -0.368. The van der Waals surface area contributed by atoms with Crippen molar-refractivity contribution in [2.75, 3.05) is 13.2 Å². The van der Waals surface area contributed by atoms with Crippen molar-refractivity contribution in [3.63, 3.8) is 0 Å². The van der Waals surface area contributed by atoms with Crippen molar-refractivity contribution in [3.8, 4) is 5.75 Å². The molecule has 118 valence electrons. The molecule has 0 aromatic heterocycles. The van der Waals surface area contributed by atoms with Gasteiger partial charge in [0.05, 0.1) is 4.90 Å². The molecule has 0 aliphatic rings. The number of para-hydroxylation sites is 1. The van der Waals surface area contributed by atoms with E-state index in [1.807, 2.05) is 13.8 Å². The molecule has 2 aromatic carbocycles. The quantitative estimate of drug-likeness (QED) is 0.832. The molecule has 22 heavy (non-hydrogen) atoms. The van der Waals surface area contributed by atoms with Crippen molar-refractivity contribution in [1.29, 1.82) is 0 Å². The van der Waals surface area contributed by atoms with Crippen LogP contribution in [0, 0.1) is 19.7 Å². The number of sulfonamides is 1. The van der Waals surface area contributed by atoms with E-state index in [2.05, 4.69) is 4.72 Å². The second-order valence-corrected chi connectivity index (χ2v) is 6.69. The molecule has 4 nitrogen and oxygen atoms in total. The Balaban J connectivity index is 1.93. The summed E-state index contributed by atoms with van der Waals surface area (Å²) in [7, 11) is -3.59. The summed E-state index contributed by atoms with van der Waals surface area (Å²) in [5.41, 5.74) is 1.94. The second-order valence-electron chi connectivity index (χ2n) is 4.92. The van der Waals surface area contributed by atoms with E-state index in [-0.39, 0.29) is 23.8 Å². The summed E-state index contributed by atoms with van der Waals surface area (Å²) in [6.45, 7) is 3.88. The fourth-order valence-electron chi connectivity index (χ4n) is 1.86. The van der Waals surface area contributed by atoms with Gasteiger partial charge in [0.2, 0.25) is 10.0 Å². The number of halogens is 1. The summed E-state index contributed by atoms with van der Waals surface area (Å²) in [4.78, 5) is 0.210. The number of ether oxygens (including phenoxy) is 1. The van der Waals surface area contributed by atoms with Gasteiger partial charge in [-0.2, -0.15) is 0 Å². The lowest BCUT2D eigenvalue weighted by atomic mass is 10.1. The molecular formula is C16H18FNO3S. The largest absolute Gasteiger partial charge is 0.489 e. The Hall–Kier alpha value is -1.92. The van der Waals surface area contributed by atoms with Gasteiger partial charge in [-0.15, -0.1) is 0 Å². The molecule has 0 amide bonds. The van der Waals surface area contributed by atoms with E-state index in [9.17, 15) is 12.8 Å². The zero-order valence-corrected chi connectivity index (χ0v) is 13.3. The zero-order chi connectivity index (χ0) is 16.2. The van der Waals surface area contributed by atoms with E-state index >= 15 is 0 Å². The first-order valence-corrected chi connectivity index (χ1v) is 8.33. The van der Waals surface area contributed by atoms with Gasteiger partial charge in [-0.25, -0.2) is 17.5 Å². The van der Waals surface area contributed by atoms with E-state index in [1.54, 1.807) is 30.3 Å². The van der Waals surface area contributed by atoms with Crippen LogP contribution >= 0.6 is 0 Å². The minimum absolute atomic E-state index is 0.0466. The highest BCUT2D eigenvalue weighted by Crippen LogP contribution is 2.16. The third-order valence-electron chi connectivity index (χ3n) is 3.28. The minimum Gasteiger partial charge on any atom is -0.489 e. The predicted molar refractivity (Wildman–Crippen MR) is 83.0 cm³/mol. The number of rotatable bonds is 6. The van der Waals surface area contributed by atoms with Crippen molar-refractivity contribution in [2.45, 2.75) is 18.7 Å². The summed E-state index contributed by atoms with van der Waals surface area (Å²) in [6.07, 6.45) is 0. The highest BCUT2D eigenvalue weighted by Gasteiger charge is 2.14. The standard InChI is InChI=1S/C16H18FNO3S/c1-12-7-8-14(11-13(12)2)22(19,20)18-9-10-21-16-6-4-3-5-15(16)17/h3-8,11,18H,9-10H2,1-2H3. The van der Waals surface area contributed by atoms with Gasteiger partial charge in [-0.1, -0.05) is 18.2 Å². The van der Waals surface area contributed by atoms with Crippen LogP contribution in [0.2, 0.25) is 0 Å². The maximum Gasteiger partial charge on any atom is 0.240 e.